The molecule has 0 fully saturated rings. The normalized spacial score (nSPS) is 11.3. The van der Waals surface area contributed by atoms with E-state index >= 15 is 0 Å². The number of esters is 1. The van der Waals surface area contributed by atoms with Crippen LogP contribution in [0.2, 0.25) is 0 Å². The molecule has 0 rings (SSSR count). The number of carboxylic acids is 1. The predicted molar refractivity (Wildman–Crippen MR) is 285 cm³/mol. The van der Waals surface area contributed by atoms with E-state index in [-0.39, 0.29) is 11.9 Å². The Labute approximate surface area is 404 Å². The van der Waals surface area contributed by atoms with E-state index in [1.165, 1.54) is 289 Å². The Morgan fingerprint density at radius 2 is 0.500 bits per heavy atom. The van der Waals surface area contributed by atoms with Gasteiger partial charge in [0.05, 0.1) is 12.5 Å². The molecular formula is C60H120O4. The van der Waals surface area contributed by atoms with Crippen molar-refractivity contribution >= 4 is 11.9 Å². The van der Waals surface area contributed by atoms with E-state index in [1.807, 2.05) is 0 Å². The van der Waals surface area contributed by atoms with Crippen molar-refractivity contribution in [2.45, 2.75) is 362 Å². The van der Waals surface area contributed by atoms with Gasteiger partial charge in [0, 0.05) is 6.42 Å². The first-order valence-electron chi connectivity index (χ1n) is 29.9. The maximum absolute atomic E-state index is 11.8. The molecule has 0 spiro atoms. The van der Waals surface area contributed by atoms with Gasteiger partial charge in [-0.3, -0.25) is 9.59 Å². The molecule has 0 aromatic heterocycles. The topological polar surface area (TPSA) is 63.6 Å². The first-order valence-corrected chi connectivity index (χ1v) is 29.9. The second-order valence-corrected chi connectivity index (χ2v) is 20.5. The summed E-state index contributed by atoms with van der Waals surface area (Å²) in [6.45, 7) is 9.75. The van der Waals surface area contributed by atoms with Crippen LogP contribution in [0.4, 0.5) is 0 Å². The fourth-order valence-corrected chi connectivity index (χ4v) is 9.34. The first kappa shape index (κ1) is 65.0. The highest BCUT2D eigenvalue weighted by Crippen LogP contribution is 2.21. The van der Waals surface area contributed by atoms with E-state index in [0.717, 1.165) is 38.5 Å². The molecule has 0 aromatic carbocycles. The molecule has 384 valence electrons. The van der Waals surface area contributed by atoms with Crippen LogP contribution in [0, 0.1) is 5.92 Å². The molecule has 4 nitrogen and oxygen atoms in total. The monoisotopic (exact) mass is 905 g/mol. The summed E-state index contributed by atoms with van der Waals surface area (Å²) in [5.74, 6) is -0.631. The fourth-order valence-electron chi connectivity index (χ4n) is 9.34. The van der Waals surface area contributed by atoms with Gasteiger partial charge >= 0.3 is 11.9 Å². The fraction of sp³-hybridized carbons (Fsp3) is 0.967. The average Bonchev–Trinajstić information content (AvgIpc) is 3.29. The lowest BCUT2D eigenvalue weighted by molar-refractivity contribution is -0.144. The van der Waals surface area contributed by atoms with Gasteiger partial charge in [-0.2, -0.15) is 0 Å². The van der Waals surface area contributed by atoms with Gasteiger partial charge in [-0.1, -0.05) is 329 Å². The molecule has 0 amide bonds. The highest BCUT2D eigenvalue weighted by molar-refractivity contribution is 5.70. The zero-order valence-corrected chi connectivity index (χ0v) is 44.7. The van der Waals surface area contributed by atoms with Crippen molar-refractivity contribution in [1.82, 2.24) is 0 Å². The molecule has 0 aliphatic rings. The number of carbonyl (C=O) groups is 2. The zero-order chi connectivity index (χ0) is 46.9. The SMILES string of the molecule is CCCCCCCCCCCCCCC(CCCCCCCCCCCCCC)C(=O)O.CCCCCCCCCCCCCCCC(=O)OCCCCCCCCCCCCCC. The molecule has 0 heterocycles. The van der Waals surface area contributed by atoms with Gasteiger partial charge in [0.1, 0.15) is 0 Å². The highest BCUT2D eigenvalue weighted by Gasteiger charge is 2.16. The van der Waals surface area contributed by atoms with Crippen LogP contribution >= 0.6 is 0 Å². The van der Waals surface area contributed by atoms with Gasteiger partial charge in [0.15, 0.2) is 0 Å². The average molecular weight is 906 g/mol. The first-order chi connectivity index (χ1) is 31.5. The number of rotatable bonds is 54. The molecule has 0 saturated carbocycles. The summed E-state index contributed by atoms with van der Waals surface area (Å²) in [5.41, 5.74) is 0. The summed E-state index contributed by atoms with van der Waals surface area (Å²) in [6.07, 6.45) is 68.2. The molecule has 64 heavy (non-hydrogen) atoms. The maximum atomic E-state index is 11.8. The number of hydrogen-bond acceptors (Lipinski definition) is 3. The van der Waals surface area contributed by atoms with Gasteiger partial charge < -0.3 is 9.84 Å². The second-order valence-electron chi connectivity index (χ2n) is 20.5. The Balaban J connectivity index is 0. The zero-order valence-electron chi connectivity index (χ0n) is 44.7. The Bertz CT molecular complexity index is 795. The summed E-state index contributed by atoms with van der Waals surface area (Å²) < 4.78 is 5.40. The summed E-state index contributed by atoms with van der Waals surface area (Å²) in [4.78, 5) is 23.4. The third-order valence-corrected chi connectivity index (χ3v) is 13.9. The van der Waals surface area contributed by atoms with Crippen molar-refractivity contribution in [2.24, 2.45) is 5.92 Å². The van der Waals surface area contributed by atoms with Crippen molar-refractivity contribution in [3.05, 3.63) is 0 Å². The van der Waals surface area contributed by atoms with Crippen LogP contribution in [0.5, 0.6) is 0 Å². The minimum Gasteiger partial charge on any atom is -0.481 e. The molecule has 0 saturated heterocycles. The maximum Gasteiger partial charge on any atom is 0.306 e. The van der Waals surface area contributed by atoms with E-state index in [9.17, 15) is 14.7 Å². The summed E-state index contributed by atoms with van der Waals surface area (Å²) >= 11 is 0. The number of ether oxygens (including phenoxy) is 1. The van der Waals surface area contributed by atoms with Crippen molar-refractivity contribution in [3.8, 4) is 0 Å². The number of aliphatic carboxylic acids is 1. The van der Waals surface area contributed by atoms with Gasteiger partial charge in [0.25, 0.3) is 0 Å². The van der Waals surface area contributed by atoms with Crippen LogP contribution in [-0.2, 0) is 14.3 Å². The highest BCUT2D eigenvalue weighted by atomic mass is 16.5. The lowest BCUT2D eigenvalue weighted by atomic mass is 9.94. The molecule has 0 radical (unpaired) electrons. The van der Waals surface area contributed by atoms with E-state index in [0.29, 0.717) is 13.0 Å². The molecule has 1 N–H and O–H groups in total. The molecule has 4 heteroatoms. The van der Waals surface area contributed by atoms with Gasteiger partial charge in [-0.15, -0.1) is 0 Å². The molecule has 0 aliphatic heterocycles. The van der Waals surface area contributed by atoms with Crippen LogP contribution in [0.3, 0.4) is 0 Å². The Hall–Kier alpha value is -1.06. The van der Waals surface area contributed by atoms with Crippen molar-refractivity contribution in [1.29, 1.82) is 0 Å². The van der Waals surface area contributed by atoms with Crippen LogP contribution in [-0.4, -0.2) is 23.7 Å². The number of carboxylic acid groups (broad SMARTS) is 1. The molecule has 0 aromatic rings. The third kappa shape index (κ3) is 59.0. The van der Waals surface area contributed by atoms with Crippen molar-refractivity contribution < 1.29 is 19.4 Å². The van der Waals surface area contributed by atoms with Crippen molar-refractivity contribution in [3.63, 3.8) is 0 Å². The Morgan fingerprint density at radius 1 is 0.297 bits per heavy atom. The van der Waals surface area contributed by atoms with Crippen molar-refractivity contribution in [2.75, 3.05) is 6.61 Å². The van der Waals surface area contributed by atoms with Crippen LogP contribution in [0.1, 0.15) is 362 Å². The molecule has 0 atom stereocenters. The summed E-state index contributed by atoms with van der Waals surface area (Å²) in [5, 5.41) is 9.53. The smallest absolute Gasteiger partial charge is 0.306 e. The molecule has 0 bridgehead atoms. The number of unbranched alkanes of at least 4 members (excludes halogenated alkanes) is 45. The van der Waals surface area contributed by atoms with E-state index in [4.69, 9.17) is 4.74 Å². The molecule has 0 aliphatic carbocycles. The number of carbonyl (C=O) groups excluding carboxylic acids is 1. The Kier molecular flexibility index (Phi) is 60.9. The summed E-state index contributed by atoms with van der Waals surface area (Å²) in [7, 11) is 0. The largest absolute Gasteiger partial charge is 0.481 e. The van der Waals surface area contributed by atoms with Crippen LogP contribution in [0.15, 0.2) is 0 Å². The standard InChI is InChI=1S/2C30H60O2/c1-3-5-7-9-11-13-15-17-18-20-22-24-26-28-30(31)32-29-27-25-23-21-19-16-14-12-10-8-6-4-2;1-3-5-7-9-11-13-15-17-19-21-23-25-27-29(30(31)32)28-26-24-22-20-18-16-14-12-10-8-6-4-2/h3-29H2,1-2H3;29H,3-28H2,1-2H3,(H,31,32). The second kappa shape index (κ2) is 60.0. The van der Waals surface area contributed by atoms with Gasteiger partial charge in [-0.25, -0.2) is 0 Å². The minimum atomic E-state index is -0.559. The number of hydrogen-bond donors (Lipinski definition) is 1. The van der Waals surface area contributed by atoms with Gasteiger partial charge in [-0.05, 0) is 25.7 Å². The lowest BCUT2D eigenvalue weighted by Gasteiger charge is -2.12. The third-order valence-electron chi connectivity index (χ3n) is 13.9. The van der Waals surface area contributed by atoms with E-state index in [1.54, 1.807) is 0 Å². The van der Waals surface area contributed by atoms with E-state index < -0.39 is 5.97 Å². The van der Waals surface area contributed by atoms with Gasteiger partial charge in [0.2, 0.25) is 0 Å². The quantitative estimate of drug-likeness (QED) is 0.0488. The molecule has 0 unspecified atom stereocenters. The van der Waals surface area contributed by atoms with Crippen LogP contribution in [0.25, 0.3) is 0 Å². The van der Waals surface area contributed by atoms with E-state index in [2.05, 4.69) is 27.7 Å². The molecular weight excluding hydrogens is 785 g/mol. The minimum absolute atomic E-state index is 0.0242. The predicted octanol–water partition coefficient (Wildman–Crippen LogP) is 21.6. The lowest BCUT2D eigenvalue weighted by Crippen LogP contribution is -2.13. The van der Waals surface area contributed by atoms with Crippen LogP contribution < -0.4 is 0 Å². The Morgan fingerprint density at radius 3 is 0.734 bits per heavy atom. The summed E-state index contributed by atoms with van der Waals surface area (Å²) in [6, 6.07) is 0.